The molecular weight excluding hydrogens is 214 g/mol. The van der Waals surface area contributed by atoms with E-state index in [1.165, 1.54) is 6.07 Å². The van der Waals surface area contributed by atoms with Crippen molar-refractivity contribution in [2.75, 3.05) is 11.9 Å². The molecule has 4 heteroatoms. The van der Waals surface area contributed by atoms with Gasteiger partial charge in [0.2, 0.25) is 0 Å². The fraction of sp³-hybridized carbons (Fsp3) is 0.182. The van der Waals surface area contributed by atoms with Crippen LogP contribution in [-0.2, 0) is 0 Å². The Morgan fingerprint density at radius 1 is 1.60 bits per heavy atom. The fourth-order valence-electron chi connectivity index (χ4n) is 1.05. The lowest BCUT2D eigenvalue weighted by atomic mass is 10.2. The number of hydrogen-bond acceptors (Lipinski definition) is 2. The van der Waals surface area contributed by atoms with Gasteiger partial charge in [-0.25, -0.2) is 4.79 Å². The Labute approximate surface area is 93.4 Å². The fourth-order valence-corrected chi connectivity index (χ4v) is 1.31. The van der Waals surface area contributed by atoms with Crippen LogP contribution in [0.1, 0.15) is 17.3 Å². The Balaban J connectivity index is 2.82. The molecule has 0 aromatic heterocycles. The van der Waals surface area contributed by atoms with Crippen LogP contribution in [0.4, 0.5) is 5.69 Å². The standard InChI is InChI=1S/C11H12ClNO2/c1-7(2)6-13-8-3-4-9(11(14)15)10(12)5-8/h3-5,13H,1,6H2,2H3,(H,14,15). The van der Waals surface area contributed by atoms with Crippen LogP contribution in [0.25, 0.3) is 0 Å². The first-order valence-corrected chi connectivity index (χ1v) is 4.79. The summed E-state index contributed by atoms with van der Waals surface area (Å²) in [5.74, 6) is -1.02. The molecule has 0 atom stereocenters. The molecule has 0 heterocycles. The number of rotatable bonds is 4. The van der Waals surface area contributed by atoms with E-state index < -0.39 is 5.97 Å². The summed E-state index contributed by atoms with van der Waals surface area (Å²) in [6, 6.07) is 4.75. The van der Waals surface area contributed by atoms with E-state index >= 15 is 0 Å². The zero-order valence-electron chi connectivity index (χ0n) is 8.38. The average Bonchev–Trinajstić information content (AvgIpc) is 2.14. The Hall–Kier alpha value is -1.48. The number of carboxylic acids is 1. The second-order valence-corrected chi connectivity index (χ2v) is 3.72. The van der Waals surface area contributed by atoms with Crippen LogP contribution >= 0.6 is 11.6 Å². The van der Waals surface area contributed by atoms with Gasteiger partial charge in [-0.1, -0.05) is 23.8 Å². The monoisotopic (exact) mass is 225 g/mol. The van der Waals surface area contributed by atoms with Crippen LogP contribution in [0.2, 0.25) is 5.02 Å². The lowest BCUT2D eigenvalue weighted by molar-refractivity contribution is 0.0697. The van der Waals surface area contributed by atoms with Crippen molar-refractivity contribution in [3.8, 4) is 0 Å². The quantitative estimate of drug-likeness (QED) is 0.775. The number of benzene rings is 1. The van der Waals surface area contributed by atoms with Gasteiger partial charge in [-0.05, 0) is 25.1 Å². The molecule has 1 aromatic rings. The molecule has 0 amide bonds. The molecule has 0 aliphatic heterocycles. The topological polar surface area (TPSA) is 49.3 Å². The maximum atomic E-state index is 10.7. The van der Waals surface area contributed by atoms with E-state index in [0.717, 1.165) is 11.3 Å². The van der Waals surface area contributed by atoms with E-state index in [1.54, 1.807) is 12.1 Å². The molecule has 15 heavy (non-hydrogen) atoms. The molecule has 0 aliphatic rings. The molecule has 0 radical (unpaired) electrons. The van der Waals surface area contributed by atoms with Gasteiger partial charge in [-0.15, -0.1) is 0 Å². The summed E-state index contributed by atoms with van der Waals surface area (Å²) in [7, 11) is 0. The van der Waals surface area contributed by atoms with Crippen LogP contribution in [0, 0.1) is 0 Å². The Kier molecular flexibility index (Phi) is 3.74. The minimum absolute atomic E-state index is 0.109. The second kappa shape index (κ2) is 4.84. The highest BCUT2D eigenvalue weighted by molar-refractivity contribution is 6.33. The molecule has 2 N–H and O–H groups in total. The van der Waals surface area contributed by atoms with Crippen LogP contribution in [0.5, 0.6) is 0 Å². The first-order chi connectivity index (χ1) is 7.00. The number of aromatic carboxylic acids is 1. The van der Waals surface area contributed by atoms with Gasteiger partial charge in [-0.3, -0.25) is 0 Å². The number of halogens is 1. The van der Waals surface area contributed by atoms with E-state index in [4.69, 9.17) is 16.7 Å². The highest BCUT2D eigenvalue weighted by Gasteiger charge is 2.08. The molecule has 0 fully saturated rings. The number of nitrogens with one attached hydrogen (secondary N) is 1. The first-order valence-electron chi connectivity index (χ1n) is 4.42. The Morgan fingerprint density at radius 3 is 2.73 bits per heavy atom. The second-order valence-electron chi connectivity index (χ2n) is 3.31. The first kappa shape index (κ1) is 11.6. The van der Waals surface area contributed by atoms with Gasteiger partial charge in [0.15, 0.2) is 0 Å². The van der Waals surface area contributed by atoms with Gasteiger partial charge < -0.3 is 10.4 Å². The summed E-state index contributed by atoms with van der Waals surface area (Å²) >= 11 is 5.80. The summed E-state index contributed by atoms with van der Waals surface area (Å²) in [6.45, 7) is 6.29. The van der Waals surface area contributed by atoms with Gasteiger partial charge in [0, 0.05) is 12.2 Å². The van der Waals surface area contributed by atoms with Crippen molar-refractivity contribution in [2.24, 2.45) is 0 Å². The molecule has 0 saturated carbocycles. The van der Waals surface area contributed by atoms with E-state index in [1.807, 2.05) is 6.92 Å². The lowest BCUT2D eigenvalue weighted by Crippen LogP contribution is -2.03. The van der Waals surface area contributed by atoms with Gasteiger partial charge >= 0.3 is 5.97 Å². The number of anilines is 1. The maximum Gasteiger partial charge on any atom is 0.337 e. The van der Waals surface area contributed by atoms with E-state index in [0.29, 0.717) is 6.54 Å². The molecule has 0 aliphatic carbocycles. The predicted molar refractivity (Wildman–Crippen MR) is 61.7 cm³/mol. The molecular formula is C11H12ClNO2. The molecule has 1 aromatic carbocycles. The van der Waals surface area contributed by atoms with Crippen LogP contribution in [0.15, 0.2) is 30.4 Å². The molecule has 0 spiro atoms. The molecule has 0 bridgehead atoms. The third-order valence-corrected chi connectivity index (χ3v) is 2.11. The van der Waals surface area contributed by atoms with Gasteiger partial charge in [0.1, 0.15) is 0 Å². The zero-order chi connectivity index (χ0) is 11.4. The third-order valence-electron chi connectivity index (χ3n) is 1.79. The van der Waals surface area contributed by atoms with Crippen molar-refractivity contribution >= 4 is 23.3 Å². The van der Waals surface area contributed by atoms with E-state index in [2.05, 4.69) is 11.9 Å². The summed E-state index contributed by atoms with van der Waals surface area (Å²) in [5.41, 5.74) is 1.89. The summed E-state index contributed by atoms with van der Waals surface area (Å²) in [4.78, 5) is 10.7. The van der Waals surface area contributed by atoms with Crippen LogP contribution in [-0.4, -0.2) is 17.6 Å². The molecule has 3 nitrogen and oxygen atoms in total. The van der Waals surface area contributed by atoms with Crippen LogP contribution < -0.4 is 5.32 Å². The third kappa shape index (κ3) is 3.29. The molecule has 1 rings (SSSR count). The van der Waals surface area contributed by atoms with Crippen molar-refractivity contribution < 1.29 is 9.90 Å². The molecule has 80 valence electrons. The van der Waals surface area contributed by atoms with Crippen molar-refractivity contribution in [3.05, 3.63) is 40.9 Å². The smallest absolute Gasteiger partial charge is 0.337 e. The van der Waals surface area contributed by atoms with Crippen molar-refractivity contribution in [2.45, 2.75) is 6.92 Å². The average molecular weight is 226 g/mol. The minimum atomic E-state index is -1.02. The largest absolute Gasteiger partial charge is 0.478 e. The highest BCUT2D eigenvalue weighted by atomic mass is 35.5. The summed E-state index contributed by atoms with van der Waals surface area (Å²) < 4.78 is 0. The van der Waals surface area contributed by atoms with E-state index in [9.17, 15) is 4.79 Å². The van der Waals surface area contributed by atoms with Crippen molar-refractivity contribution in [3.63, 3.8) is 0 Å². The highest BCUT2D eigenvalue weighted by Crippen LogP contribution is 2.20. The summed E-state index contributed by atoms with van der Waals surface area (Å²) in [5, 5.41) is 12.1. The maximum absolute atomic E-state index is 10.7. The SMILES string of the molecule is C=C(C)CNc1ccc(C(=O)O)c(Cl)c1. The number of carbonyl (C=O) groups is 1. The lowest BCUT2D eigenvalue weighted by Gasteiger charge is -2.07. The van der Waals surface area contributed by atoms with Gasteiger partial charge in [-0.2, -0.15) is 0 Å². The Morgan fingerprint density at radius 2 is 2.27 bits per heavy atom. The molecule has 0 saturated heterocycles. The zero-order valence-corrected chi connectivity index (χ0v) is 9.14. The van der Waals surface area contributed by atoms with Crippen molar-refractivity contribution in [1.29, 1.82) is 0 Å². The number of hydrogen-bond donors (Lipinski definition) is 2. The van der Waals surface area contributed by atoms with Crippen LogP contribution in [0.3, 0.4) is 0 Å². The Bertz CT molecular complexity index is 402. The van der Waals surface area contributed by atoms with Gasteiger partial charge in [0.25, 0.3) is 0 Å². The predicted octanol–water partition coefficient (Wildman–Crippen LogP) is 3.03. The van der Waals surface area contributed by atoms with Gasteiger partial charge in [0.05, 0.1) is 10.6 Å². The summed E-state index contributed by atoms with van der Waals surface area (Å²) in [6.07, 6.45) is 0. The molecule has 0 unspecified atom stereocenters. The van der Waals surface area contributed by atoms with E-state index in [-0.39, 0.29) is 10.6 Å². The normalized spacial score (nSPS) is 9.73. The number of carboxylic acid groups (broad SMARTS) is 1. The van der Waals surface area contributed by atoms with Crippen molar-refractivity contribution in [1.82, 2.24) is 0 Å². The minimum Gasteiger partial charge on any atom is -0.478 e.